The van der Waals surface area contributed by atoms with Gasteiger partial charge in [0.15, 0.2) is 0 Å². The summed E-state index contributed by atoms with van der Waals surface area (Å²) in [6.07, 6.45) is -4.46. The zero-order valence-electron chi connectivity index (χ0n) is 9.55. The van der Waals surface area contributed by atoms with Crippen LogP contribution in [0.3, 0.4) is 0 Å². The number of carbonyl (C=O) groups is 1. The molecule has 0 unspecified atom stereocenters. The Hall–Kier alpha value is -0.790. The van der Waals surface area contributed by atoms with Crippen molar-refractivity contribution >= 4 is 33.5 Å². The van der Waals surface area contributed by atoms with Gasteiger partial charge >= 0.3 is 12.1 Å². The normalized spacial score (nSPS) is 11.9. The molecule has 0 bridgehead atoms. The Balaban J connectivity index is 2.87. The molecule has 0 aliphatic heterocycles. The molecule has 0 aliphatic carbocycles. The third-order valence-corrected chi connectivity index (χ3v) is 3.17. The highest BCUT2D eigenvalue weighted by atomic mass is 79.9. The van der Waals surface area contributed by atoms with Crippen molar-refractivity contribution in [3.05, 3.63) is 33.3 Å². The van der Waals surface area contributed by atoms with Gasteiger partial charge in [-0.25, -0.2) is 0 Å². The summed E-state index contributed by atoms with van der Waals surface area (Å²) in [4.78, 5) is 11.4. The van der Waals surface area contributed by atoms with E-state index in [0.29, 0.717) is 15.1 Å². The second-order valence-corrected chi connectivity index (χ2v) is 5.18. The first-order valence-corrected chi connectivity index (χ1v) is 6.29. The molecule has 1 aromatic carbocycles. The predicted octanol–water partition coefficient (Wildman–Crippen LogP) is 3.55. The van der Waals surface area contributed by atoms with Crippen molar-refractivity contribution in [3.8, 4) is 0 Å². The summed E-state index contributed by atoms with van der Waals surface area (Å²) < 4.78 is 37.7. The van der Waals surface area contributed by atoms with E-state index in [9.17, 15) is 18.0 Å². The molecule has 0 amide bonds. The number of aliphatic carboxylic acids is 1. The van der Waals surface area contributed by atoms with Crippen LogP contribution in [0.1, 0.15) is 5.56 Å². The molecule has 0 heterocycles. The van der Waals surface area contributed by atoms with Gasteiger partial charge in [0.2, 0.25) is 0 Å². The molecule has 106 valence electrons. The number of alkyl halides is 3. The fourth-order valence-corrected chi connectivity index (χ4v) is 2.08. The highest BCUT2D eigenvalue weighted by molar-refractivity contribution is 9.10. The van der Waals surface area contributed by atoms with Crippen molar-refractivity contribution in [2.75, 3.05) is 13.1 Å². The number of nitrogens with zero attached hydrogens (tertiary/aromatic N) is 1. The Kier molecular flexibility index (Phi) is 5.64. The Morgan fingerprint density at radius 2 is 2.05 bits per heavy atom. The molecule has 3 nitrogen and oxygen atoms in total. The van der Waals surface area contributed by atoms with Crippen LogP contribution in [0.4, 0.5) is 13.2 Å². The Morgan fingerprint density at radius 1 is 1.42 bits per heavy atom. The summed E-state index contributed by atoms with van der Waals surface area (Å²) in [6, 6.07) is 4.68. The Morgan fingerprint density at radius 3 is 2.58 bits per heavy atom. The fourth-order valence-electron chi connectivity index (χ4n) is 1.52. The molecule has 8 heteroatoms. The van der Waals surface area contributed by atoms with Crippen molar-refractivity contribution in [1.29, 1.82) is 0 Å². The molecule has 0 radical (unpaired) electrons. The van der Waals surface area contributed by atoms with Crippen LogP contribution in [0.2, 0.25) is 5.02 Å². The molecule has 0 saturated carbocycles. The molecule has 1 N–H and O–H groups in total. The lowest BCUT2D eigenvalue weighted by Crippen LogP contribution is -2.37. The van der Waals surface area contributed by atoms with Gasteiger partial charge in [0.05, 0.1) is 13.1 Å². The van der Waals surface area contributed by atoms with Gasteiger partial charge in [-0.05, 0) is 23.8 Å². The monoisotopic (exact) mass is 359 g/mol. The van der Waals surface area contributed by atoms with E-state index < -0.39 is 25.2 Å². The minimum atomic E-state index is -4.46. The summed E-state index contributed by atoms with van der Waals surface area (Å²) in [5, 5.41) is 9.01. The third kappa shape index (κ3) is 6.26. The Bertz CT molecular complexity index is 468. The molecule has 0 aliphatic rings. The maximum absolute atomic E-state index is 12.4. The zero-order valence-corrected chi connectivity index (χ0v) is 11.9. The number of benzene rings is 1. The summed E-state index contributed by atoms with van der Waals surface area (Å²) in [7, 11) is 0. The van der Waals surface area contributed by atoms with Gasteiger partial charge in [-0.1, -0.05) is 27.5 Å². The van der Waals surface area contributed by atoms with E-state index >= 15 is 0 Å². The number of hydrogen-bond donors (Lipinski definition) is 1. The molecule has 0 fully saturated rings. The van der Waals surface area contributed by atoms with Crippen LogP contribution in [-0.4, -0.2) is 35.2 Å². The summed E-state index contributed by atoms with van der Waals surface area (Å²) in [6.45, 7) is -2.15. The molecule has 0 aromatic heterocycles. The van der Waals surface area contributed by atoms with E-state index in [2.05, 4.69) is 15.9 Å². The molecule has 0 saturated heterocycles. The van der Waals surface area contributed by atoms with Crippen LogP contribution in [0, 0.1) is 0 Å². The molecular formula is C11H10BrClF3NO2. The van der Waals surface area contributed by atoms with Crippen LogP contribution in [0.5, 0.6) is 0 Å². The maximum Gasteiger partial charge on any atom is 0.401 e. The predicted molar refractivity (Wildman–Crippen MR) is 68.1 cm³/mol. The van der Waals surface area contributed by atoms with Gasteiger partial charge in [0, 0.05) is 16.0 Å². The number of hydrogen-bond acceptors (Lipinski definition) is 2. The second kappa shape index (κ2) is 6.58. The van der Waals surface area contributed by atoms with E-state index in [4.69, 9.17) is 16.7 Å². The lowest BCUT2D eigenvalue weighted by atomic mass is 10.2. The average Bonchev–Trinajstić information content (AvgIpc) is 2.20. The minimum Gasteiger partial charge on any atom is -0.480 e. The van der Waals surface area contributed by atoms with E-state index in [0.717, 1.165) is 4.90 Å². The van der Waals surface area contributed by atoms with Crippen LogP contribution in [0.25, 0.3) is 0 Å². The molecule has 0 spiro atoms. The maximum atomic E-state index is 12.4. The van der Waals surface area contributed by atoms with Gasteiger partial charge in [-0.3, -0.25) is 9.69 Å². The van der Waals surface area contributed by atoms with E-state index in [1.807, 2.05) is 0 Å². The highest BCUT2D eigenvalue weighted by Crippen LogP contribution is 2.24. The quantitative estimate of drug-likeness (QED) is 0.873. The Labute approximate surface area is 121 Å². The molecular weight excluding hydrogens is 350 g/mol. The molecule has 19 heavy (non-hydrogen) atoms. The summed E-state index contributed by atoms with van der Waals surface area (Å²) >= 11 is 8.95. The number of carboxylic acid groups (broad SMARTS) is 1. The second-order valence-electron chi connectivity index (χ2n) is 3.89. The topological polar surface area (TPSA) is 40.5 Å². The van der Waals surface area contributed by atoms with Crippen molar-refractivity contribution in [1.82, 2.24) is 4.90 Å². The average molecular weight is 361 g/mol. The largest absolute Gasteiger partial charge is 0.480 e. The van der Waals surface area contributed by atoms with E-state index in [1.165, 1.54) is 6.07 Å². The first-order valence-electron chi connectivity index (χ1n) is 5.12. The zero-order chi connectivity index (χ0) is 14.6. The number of halogens is 5. The standard InChI is InChI=1S/C11H10BrClF3NO2/c12-9-2-1-8(13)3-7(9)4-17(5-10(18)19)6-11(14,15)16/h1-3H,4-6H2,(H,18,19). The number of carboxylic acids is 1. The van der Waals surface area contributed by atoms with Crippen molar-refractivity contribution in [3.63, 3.8) is 0 Å². The minimum absolute atomic E-state index is 0.160. The smallest absolute Gasteiger partial charge is 0.401 e. The fraction of sp³-hybridized carbons (Fsp3) is 0.364. The van der Waals surface area contributed by atoms with Crippen LogP contribution in [-0.2, 0) is 11.3 Å². The highest BCUT2D eigenvalue weighted by Gasteiger charge is 2.31. The SMILES string of the molecule is O=C(O)CN(Cc1cc(Cl)ccc1Br)CC(F)(F)F. The summed E-state index contributed by atoms with van der Waals surface area (Å²) in [5.74, 6) is -1.32. The number of rotatable bonds is 5. The third-order valence-electron chi connectivity index (χ3n) is 2.16. The van der Waals surface area contributed by atoms with Crippen LogP contribution < -0.4 is 0 Å². The van der Waals surface area contributed by atoms with Crippen LogP contribution in [0.15, 0.2) is 22.7 Å². The lowest BCUT2D eigenvalue weighted by Gasteiger charge is -2.22. The van der Waals surface area contributed by atoms with Crippen molar-refractivity contribution in [2.45, 2.75) is 12.7 Å². The molecule has 1 rings (SSSR count). The first kappa shape index (κ1) is 16.3. The summed E-state index contributed by atoms with van der Waals surface area (Å²) in [5.41, 5.74) is 0.498. The first-order chi connectivity index (χ1) is 8.67. The van der Waals surface area contributed by atoms with Gasteiger partial charge in [-0.15, -0.1) is 0 Å². The van der Waals surface area contributed by atoms with Gasteiger partial charge in [0.1, 0.15) is 0 Å². The van der Waals surface area contributed by atoms with Crippen LogP contribution >= 0.6 is 27.5 Å². The van der Waals surface area contributed by atoms with E-state index in [1.54, 1.807) is 12.1 Å². The van der Waals surface area contributed by atoms with E-state index in [-0.39, 0.29) is 6.54 Å². The molecule has 0 atom stereocenters. The van der Waals surface area contributed by atoms with Crippen molar-refractivity contribution < 1.29 is 23.1 Å². The van der Waals surface area contributed by atoms with Crippen molar-refractivity contribution in [2.24, 2.45) is 0 Å². The van der Waals surface area contributed by atoms with Gasteiger partial charge < -0.3 is 5.11 Å². The van der Waals surface area contributed by atoms with Gasteiger partial charge in [-0.2, -0.15) is 13.2 Å². The lowest BCUT2D eigenvalue weighted by molar-refractivity contribution is -0.154. The molecule has 1 aromatic rings. The van der Waals surface area contributed by atoms with Gasteiger partial charge in [0.25, 0.3) is 0 Å².